The van der Waals surface area contributed by atoms with E-state index in [1.165, 1.54) is 49.2 Å². The Hall–Kier alpha value is -0.470. The van der Waals surface area contributed by atoms with Crippen LogP contribution in [0.15, 0.2) is 24.3 Å². The Morgan fingerprint density at radius 2 is 2.00 bits per heavy atom. The Labute approximate surface area is 103 Å². The maximum Gasteiger partial charge on any atom is 0.00713 e. The van der Waals surface area contributed by atoms with Gasteiger partial charge in [0.1, 0.15) is 0 Å². The highest BCUT2D eigenvalue weighted by Gasteiger charge is 2.12. The molecule has 1 N–H and O–H groups in total. The largest absolute Gasteiger partial charge is 0.317 e. The number of aryl methyl sites for hydroxylation is 2. The van der Waals surface area contributed by atoms with Gasteiger partial charge in [-0.05, 0) is 56.2 Å². The van der Waals surface area contributed by atoms with Crippen LogP contribution in [0.25, 0.3) is 0 Å². The lowest BCUT2D eigenvalue weighted by molar-refractivity contribution is 0.531. The second-order valence-electron chi connectivity index (χ2n) is 4.50. The molecule has 1 aromatic carbocycles. The van der Waals surface area contributed by atoms with Crippen LogP contribution in [0.5, 0.6) is 0 Å². The third-order valence-electron chi connectivity index (χ3n) is 3.27. The average Bonchev–Trinajstić information content (AvgIpc) is 2.33. The standard InChI is InChI=1S/C14H21NS/c1-12-4-2-3-5-13(12)8-11-16-14-6-9-15-10-7-14/h2-5,14-15H,6-11H2,1H3. The number of hydrogen-bond donors (Lipinski definition) is 1. The lowest BCUT2D eigenvalue weighted by Crippen LogP contribution is -2.29. The van der Waals surface area contributed by atoms with E-state index in [1.54, 1.807) is 0 Å². The summed E-state index contributed by atoms with van der Waals surface area (Å²) in [6.45, 7) is 4.63. The summed E-state index contributed by atoms with van der Waals surface area (Å²) >= 11 is 2.16. The topological polar surface area (TPSA) is 12.0 Å². The molecule has 88 valence electrons. The summed E-state index contributed by atoms with van der Waals surface area (Å²) in [5.41, 5.74) is 2.96. The van der Waals surface area contributed by atoms with E-state index < -0.39 is 0 Å². The van der Waals surface area contributed by atoms with Crippen molar-refractivity contribution >= 4 is 11.8 Å². The Kier molecular flexibility index (Phi) is 4.73. The molecular formula is C14H21NS. The molecule has 1 saturated heterocycles. The molecule has 0 bridgehead atoms. The predicted molar refractivity (Wildman–Crippen MR) is 73.2 cm³/mol. The van der Waals surface area contributed by atoms with Gasteiger partial charge < -0.3 is 5.32 Å². The first-order chi connectivity index (χ1) is 7.86. The van der Waals surface area contributed by atoms with Crippen molar-refractivity contribution in [2.24, 2.45) is 0 Å². The zero-order valence-electron chi connectivity index (χ0n) is 10.0. The van der Waals surface area contributed by atoms with Gasteiger partial charge in [0, 0.05) is 5.25 Å². The van der Waals surface area contributed by atoms with Crippen molar-refractivity contribution < 1.29 is 0 Å². The molecule has 1 aliphatic heterocycles. The summed E-state index contributed by atoms with van der Waals surface area (Å²) in [6, 6.07) is 8.75. The first-order valence-electron chi connectivity index (χ1n) is 6.23. The molecular weight excluding hydrogens is 214 g/mol. The number of thioether (sulfide) groups is 1. The van der Waals surface area contributed by atoms with Gasteiger partial charge in [-0.2, -0.15) is 11.8 Å². The Balaban J connectivity index is 1.73. The summed E-state index contributed by atoms with van der Waals surface area (Å²) < 4.78 is 0. The van der Waals surface area contributed by atoms with Crippen molar-refractivity contribution in [3.05, 3.63) is 35.4 Å². The zero-order chi connectivity index (χ0) is 11.2. The molecule has 1 nitrogen and oxygen atoms in total. The number of piperidine rings is 1. The van der Waals surface area contributed by atoms with E-state index in [1.807, 2.05) is 0 Å². The van der Waals surface area contributed by atoms with Crippen LogP contribution in [0.3, 0.4) is 0 Å². The van der Waals surface area contributed by atoms with Crippen molar-refractivity contribution in [3.63, 3.8) is 0 Å². The maximum absolute atomic E-state index is 3.42. The van der Waals surface area contributed by atoms with Crippen LogP contribution in [0.4, 0.5) is 0 Å². The third-order valence-corrected chi connectivity index (χ3v) is 4.66. The number of rotatable bonds is 4. The lowest BCUT2D eigenvalue weighted by Gasteiger charge is -2.22. The molecule has 1 aromatic rings. The van der Waals surface area contributed by atoms with Gasteiger partial charge >= 0.3 is 0 Å². The van der Waals surface area contributed by atoms with Gasteiger partial charge in [0.2, 0.25) is 0 Å². The second-order valence-corrected chi connectivity index (χ2v) is 5.90. The summed E-state index contributed by atoms with van der Waals surface area (Å²) in [5.74, 6) is 1.27. The molecule has 1 heterocycles. The van der Waals surface area contributed by atoms with Crippen molar-refractivity contribution in [1.82, 2.24) is 5.32 Å². The van der Waals surface area contributed by atoms with Crippen molar-refractivity contribution in [3.8, 4) is 0 Å². The summed E-state index contributed by atoms with van der Waals surface area (Å²) in [6.07, 6.45) is 3.91. The fraction of sp³-hybridized carbons (Fsp3) is 0.571. The lowest BCUT2D eigenvalue weighted by atomic mass is 10.1. The van der Waals surface area contributed by atoms with Crippen LogP contribution in [0, 0.1) is 6.92 Å². The molecule has 0 saturated carbocycles. The first-order valence-corrected chi connectivity index (χ1v) is 7.28. The molecule has 0 aromatic heterocycles. The van der Waals surface area contributed by atoms with Gasteiger partial charge in [-0.15, -0.1) is 0 Å². The summed E-state index contributed by atoms with van der Waals surface area (Å²) in [4.78, 5) is 0. The number of nitrogens with one attached hydrogen (secondary N) is 1. The molecule has 16 heavy (non-hydrogen) atoms. The Bertz CT molecular complexity index is 318. The average molecular weight is 235 g/mol. The molecule has 1 aliphatic rings. The van der Waals surface area contributed by atoms with E-state index in [0.29, 0.717) is 0 Å². The highest BCUT2D eigenvalue weighted by molar-refractivity contribution is 7.99. The molecule has 0 aliphatic carbocycles. The van der Waals surface area contributed by atoms with E-state index >= 15 is 0 Å². The van der Waals surface area contributed by atoms with E-state index in [2.05, 4.69) is 48.3 Å². The van der Waals surface area contributed by atoms with Crippen LogP contribution >= 0.6 is 11.8 Å². The van der Waals surface area contributed by atoms with Crippen LogP contribution in [-0.2, 0) is 6.42 Å². The molecule has 1 fully saturated rings. The highest BCUT2D eigenvalue weighted by atomic mass is 32.2. The van der Waals surface area contributed by atoms with Crippen LogP contribution < -0.4 is 5.32 Å². The zero-order valence-corrected chi connectivity index (χ0v) is 10.9. The van der Waals surface area contributed by atoms with Crippen LogP contribution in [0.2, 0.25) is 0 Å². The van der Waals surface area contributed by atoms with Gasteiger partial charge in [0.05, 0.1) is 0 Å². The fourth-order valence-corrected chi connectivity index (χ4v) is 3.43. The second kappa shape index (κ2) is 6.31. The molecule has 2 heteroatoms. The molecule has 0 unspecified atom stereocenters. The van der Waals surface area contributed by atoms with Crippen molar-refractivity contribution in [2.45, 2.75) is 31.4 Å². The van der Waals surface area contributed by atoms with E-state index in [9.17, 15) is 0 Å². The Morgan fingerprint density at radius 1 is 1.25 bits per heavy atom. The van der Waals surface area contributed by atoms with Gasteiger partial charge in [0.25, 0.3) is 0 Å². The van der Waals surface area contributed by atoms with Crippen LogP contribution in [0.1, 0.15) is 24.0 Å². The minimum Gasteiger partial charge on any atom is -0.317 e. The third kappa shape index (κ3) is 3.53. The quantitative estimate of drug-likeness (QED) is 0.861. The van der Waals surface area contributed by atoms with Gasteiger partial charge in [-0.1, -0.05) is 24.3 Å². The maximum atomic E-state index is 3.42. The minimum atomic E-state index is 0.894. The monoisotopic (exact) mass is 235 g/mol. The van der Waals surface area contributed by atoms with Gasteiger partial charge in [-0.25, -0.2) is 0 Å². The van der Waals surface area contributed by atoms with E-state index in [-0.39, 0.29) is 0 Å². The SMILES string of the molecule is Cc1ccccc1CCSC1CCNCC1. The van der Waals surface area contributed by atoms with E-state index in [0.717, 1.165) is 5.25 Å². The summed E-state index contributed by atoms with van der Waals surface area (Å²) in [5, 5.41) is 4.31. The van der Waals surface area contributed by atoms with Crippen molar-refractivity contribution in [1.29, 1.82) is 0 Å². The number of benzene rings is 1. The smallest absolute Gasteiger partial charge is 0.00713 e. The number of hydrogen-bond acceptors (Lipinski definition) is 2. The van der Waals surface area contributed by atoms with E-state index in [4.69, 9.17) is 0 Å². The highest BCUT2D eigenvalue weighted by Crippen LogP contribution is 2.21. The van der Waals surface area contributed by atoms with Gasteiger partial charge in [0.15, 0.2) is 0 Å². The minimum absolute atomic E-state index is 0.894. The van der Waals surface area contributed by atoms with Crippen LogP contribution in [-0.4, -0.2) is 24.1 Å². The van der Waals surface area contributed by atoms with Gasteiger partial charge in [-0.3, -0.25) is 0 Å². The predicted octanol–water partition coefficient (Wildman–Crippen LogP) is 3.02. The summed E-state index contributed by atoms with van der Waals surface area (Å²) in [7, 11) is 0. The molecule has 0 radical (unpaired) electrons. The normalized spacial score (nSPS) is 17.6. The Morgan fingerprint density at radius 3 is 2.75 bits per heavy atom. The molecule has 0 atom stereocenters. The molecule has 0 spiro atoms. The molecule has 2 rings (SSSR count). The fourth-order valence-electron chi connectivity index (χ4n) is 2.19. The molecule has 0 amide bonds. The van der Waals surface area contributed by atoms with Crippen molar-refractivity contribution in [2.75, 3.05) is 18.8 Å². The first kappa shape index (κ1) is 12.0.